The second-order valence-electron chi connectivity index (χ2n) is 4.87. The van der Waals surface area contributed by atoms with Gasteiger partial charge < -0.3 is 11.1 Å². The van der Waals surface area contributed by atoms with Crippen molar-refractivity contribution in [3.8, 4) is 0 Å². The van der Waals surface area contributed by atoms with Gasteiger partial charge in [-0.25, -0.2) is 0 Å². The van der Waals surface area contributed by atoms with Crippen molar-refractivity contribution in [1.29, 1.82) is 0 Å². The molecule has 0 saturated heterocycles. The van der Waals surface area contributed by atoms with E-state index in [0.29, 0.717) is 6.04 Å². The lowest BCUT2D eigenvalue weighted by Crippen LogP contribution is -2.27. The first-order valence-corrected chi connectivity index (χ1v) is 6.65. The molecule has 18 heavy (non-hydrogen) atoms. The van der Waals surface area contributed by atoms with Crippen LogP contribution in [-0.4, -0.2) is 19.1 Å². The highest BCUT2D eigenvalue weighted by Gasteiger charge is 2.03. The van der Waals surface area contributed by atoms with Gasteiger partial charge in [-0.1, -0.05) is 42.9 Å². The van der Waals surface area contributed by atoms with Crippen LogP contribution in [0, 0.1) is 0 Å². The average molecular weight is 252 g/mol. The molecule has 3 N–H and O–H groups in total. The van der Waals surface area contributed by atoms with Crippen molar-refractivity contribution in [2.45, 2.75) is 53.0 Å². The normalized spacial score (nSPS) is 17.1. The molecule has 1 unspecified atom stereocenters. The van der Waals surface area contributed by atoms with Gasteiger partial charge in [0, 0.05) is 14.0 Å². The van der Waals surface area contributed by atoms with Crippen LogP contribution in [-0.2, 0) is 0 Å². The molecule has 2 heteroatoms. The number of allylic oxidation sites excluding steroid dienone is 4. The smallest absolute Gasteiger partial charge is 0.0167 e. The summed E-state index contributed by atoms with van der Waals surface area (Å²) in [5, 5.41) is 3.48. The number of rotatable bonds is 7. The Morgan fingerprint density at radius 3 is 2.83 bits per heavy atom. The molecule has 0 aromatic carbocycles. The van der Waals surface area contributed by atoms with Crippen LogP contribution in [0.3, 0.4) is 0 Å². The molecule has 2 nitrogen and oxygen atoms in total. The summed E-state index contributed by atoms with van der Waals surface area (Å²) in [6, 6.07) is 0.293. The first-order valence-electron chi connectivity index (χ1n) is 6.65. The van der Waals surface area contributed by atoms with Crippen molar-refractivity contribution in [3.63, 3.8) is 0 Å². The van der Waals surface area contributed by atoms with Crippen LogP contribution in [0.5, 0.6) is 0 Å². The van der Waals surface area contributed by atoms with Crippen molar-refractivity contribution in [2.24, 2.45) is 5.73 Å². The Bertz CT molecular complexity index is 306. The molecule has 1 aliphatic rings. The zero-order valence-corrected chi connectivity index (χ0v) is 11.2. The van der Waals surface area contributed by atoms with Gasteiger partial charge in [-0.05, 0) is 46.1 Å². The van der Waals surface area contributed by atoms with Crippen molar-refractivity contribution < 1.29 is 1.43 Å². The maximum absolute atomic E-state index is 5.98. The summed E-state index contributed by atoms with van der Waals surface area (Å²) in [5.41, 5.74) is 8.98. The highest BCUT2D eigenvalue weighted by atomic mass is 14.9. The van der Waals surface area contributed by atoms with Gasteiger partial charge in [-0.15, -0.1) is 0 Å². The van der Waals surface area contributed by atoms with E-state index in [2.05, 4.69) is 36.5 Å². The van der Waals surface area contributed by atoms with E-state index in [-0.39, 0.29) is 8.85 Å². The third kappa shape index (κ3) is 7.46. The van der Waals surface area contributed by atoms with Gasteiger partial charge in [0.05, 0.1) is 0 Å². The van der Waals surface area contributed by atoms with Gasteiger partial charge in [0.1, 0.15) is 0 Å². The molecular formula is C16H32N2. The van der Waals surface area contributed by atoms with E-state index in [9.17, 15) is 0 Å². The molecule has 0 aromatic rings. The van der Waals surface area contributed by atoms with Gasteiger partial charge in [0.2, 0.25) is 0 Å². The number of nitrogens with one attached hydrogen (secondary N) is 1. The van der Waals surface area contributed by atoms with Crippen molar-refractivity contribution in [1.82, 2.24) is 5.32 Å². The molecule has 0 aromatic heterocycles. The zero-order chi connectivity index (χ0) is 12.5. The van der Waals surface area contributed by atoms with E-state index in [1.807, 2.05) is 6.92 Å². The Morgan fingerprint density at radius 1 is 1.44 bits per heavy atom. The first-order chi connectivity index (χ1) is 8.22. The van der Waals surface area contributed by atoms with Gasteiger partial charge >= 0.3 is 0 Å². The van der Waals surface area contributed by atoms with Gasteiger partial charge in [0.15, 0.2) is 0 Å². The molecule has 0 saturated carbocycles. The van der Waals surface area contributed by atoms with Gasteiger partial charge in [0.25, 0.3) is 0 Å². The fourth-order valence-electron chi connectivity index (χ4n) is 1.90. The molecule has 1 atom stereocenters. The molecule has 1 rings (SSSR count). The molecule has 106 valence electrons. The Kier molecular flexibility index (Phi) is 9.62. The average Bonchev–Trinajstić information content (AvgIpc) is 2.34. The van der Waals surface area contributed by atoms with Crippen molar-refractivity contribution in [3.05, 3.63) is 35.5 Å². The quantitative estimate of drug-likeness (QED) is 0.534. The molecular weight excluding hydrogens is 220 g/mol. The second-order valence-corrected chi connectivity index (χ2v) is 4.87. The van der Waals surface area contributed by atoms with Crippen LogP contribution in [0.2, 0.25) is 0 Å². The molecule has 0 fully saturated rings. The Balaban J connectivity index is 0. The maximum Gasteiger partial charge on any atom is 0.0167 e. The van der Waals surface area contributed by atoms with Crippen molar-refractivity contribution in [2.75, 3.05) is 13.1 Å². The summed E-state index contributed by atoms with van der Waals surface area (Å²) in [6.07, 6.45) is 13.2. The monoisotopic (exact) mass is 252 g/mol. The van der Waals surface area contributed by atoms with E-state index in [0.717, 1.165) is 25.9 Å². The molecule has 0 bridgehead atoms. The fraction of sp³-hybridized carbons (Fsp3) is 0.625. The minimum atomic E-state index is 0. The third-order valence-electron chi connectivity index (χ3n) is 3.16. The van der Waals surface area contributed by atoms with Gasteiger partial charge in [-0.3, -0.25) is 0 Å². The number of hydrogen-bond acceptors (Lipinski definition) is 2. The van der Waals surface area contributed by atoms with Crippen molar-refractivity contribution >= 4 is 0 Å². The molecule has 0 radical (unpaired) electrons. The predicted octanol–water partition coefficient (Wildman–Crippen LogP) is 3.81. The van der Waals surface area contributed by atoms with E-state index in [1.165, 1.54) is 24.0 Å². The predicted molar refractivity (Wildman–Crippen MR) is 84.8 cm³/mol. The first kappa shape index (κ1) is 17.1. The Labute approximate surface area is 115 Å². The number of nitrogens with two attached hydrogens (primary N) is 1. The van der Waals surface area contributed by atoms with Crippen LogP contribution in [0.4, 0.5) is 0 Å². The van der Waals surface area contributed by atoms with E-state index >= 15 is 0 Å². The highest BCUT2D eigenvalue weighted by molar-refractivity contribution is 5.23. The Hall–Kier alpha value is -0.860. The molecule has 0 heterocycles. The SMILES string of the molecule is C.C/C=C\CC(N)CCNCC1=CC=C(C)CC1.[HH]. The van der Waals surface area contributed by atoms with Crippen LogP contribution < -0.4 is 11.1 Å². The lowest BCUT2D eigenvalue weighted by Gasteiger charge is -2.14. The van der Waals surface area contributed by atoms with Gasteiger partial charge in [-0.2, -0.15) is 0 Å². The number of hydrogen-bond donors (Lipinski definition) is 2. The summed E-state index contributed by atoms with van der Waals surface area (Å²) in [5.74, 6) is 0. The summed E-state index contributed by atoms with van der Waals surface area (Å²) >= 11 is 0. The second kappa shape index (κ2) is 10.1. The van der Waals surface area contributed by atoms with Crippen LogP contribution in [0.15, 0.2) is 35.5 Å². The fourth-order valence-corrected chi connectivity index (χ4v) is 1.90. The minimum Gasteiger partial charge on any atom is -0.327 e. The standard InChI is InChI=1S/C15H26N2.CH4.H2/c1-3-4-5-15(16)10-11-17-12-14-8-6-13(2)7-9-14;;/h3-4,6,8,15,17H,5,7,9-12,16H2,1-2H3;1H4;1H/b4-3-;;. The van der Waals surface area contributed by atoms with Crippen LogP contribution in [0.25, 0.3) is 0 Å². The van der Waals surface area contributed by atoms with E-state index < -0.39 is 0 Å². The summed E-state index contributed by atoms with van der Waals surface area (Å²) in [4.78, 5) is 0. The van der Waals surface area contributed by atoms with Crippen LogP contribution in [0.1, 0.15) is 48.4 Å². The lowest BCUT2D eigenvalue weighted by atomic mass is 9.99. The summed E-state index contributed by atoms with van der Waals surface area (Å²) < 4.78 is 0. The maximum atomic E-state index is 5.98. The summed E-state index contributed by atoms with van der Waals surface area (Å²) in [7, 11) is 0. The largest absolute Gasteiger partial charge is 0.327 e. The molecule has 1 aliphatic carbocycles. The zero-order valence-electron chi connectivity index (χ0n) is 11.2. The van der Waals surface area contributed by atoms with E-state index in [1.54, 1.807) is 0 Å². The van der Waals surface area contributed by atoms with E-state index in [4.69, 9.17) is 5.73 Å². The molecule has 0 amide bonds. The highest BCUT2D eigenvalue weighted by Crippen LogP contribution is 2.16. The molecule has 0 aliphatic heterocycles. The molecule has 0 spiro atoms. The van der Waals surface area contributed by atoms with Crippen LogP contribution >= 0.6 is 0 Å². The topological polar surface area (TPSA) is 38.0 Å². The minimum absolute atomic E-state index is 0. The summed E-state index contributed by atoms with van der Waals surface area (Å²) in [6.45, 7) is 6.26. The lowest BCUT2D eigenvalue weighted by molar-refractivity contribution is 0.574. The Morgan fingerprint density at radius 2 is 2.22 bits per heavy atom. The third-order valence-corrected chi connectivity index (χ3v) is 3.16.